The summed E-state index contributed by atoms with van der Waals surface area (Å²) in [6.45, 7) is 0. The highest BCUT2D eigenvalue weighted by Crippen LogP contribution is 2.29. The van der Waals surface area contributed by atoms with E-state index in [2.05, 4.69) is 0 Å². The number of hydrogen-bond acceptors (Lipinski definition) is 3. The first kappa shape index (κ1) is 12.8. The van der Waals surface area contributed by atoms with Crippen LogP contribution in [0.2, 0.25) is 0 Å². The van der Waals surface area contributed by atoms with E-state index in [0.29, 0.717) is 0 Å². The van der Waals surface area contributed by atoms with E-state index in [4.69, 9.17) is 10.00 Å². The lowest BCUT2D eigenvalue weighted by atomic mass is 9.81. The molecule has 0 aromatic rings. The number of carbonyl (C=O) groups is 1. The van der Waals surface area contributed by atoms with E-state index in [1.54, 1.807) is 0 Å². The quantitative estimate of drug-likeness (QED) is 0.532. The molecule has 2 unspecified atom stereocenters. The maximum Gasteiger partial charge on any atom is 0.309 e. The molecule has 0 aliphatic heterocycles. The van der Waals surface area contributed by atoms with Crippen LogP contribution in [0.4, 0.5) is 0 Å². The van der Waals surface area contributed by atoms with Crippen LogP contribution in [-0.2, 0) is 9.53 Å². The zero-order valence-corrected chi connectivity index (χ0v) is 9.82. The predicted molar refractivity (Wildman–Crippen MR) is 61.5 cm³/mol. The van der Waals surface area contributed by atoms with Crippen LogP contribution in [0.3, 0.4) is 0 Å². The molecule has 3 nitrogen and oxygen atoms in total. The van der Waals surface area contributed by atoms with Gasteiger partial charge in [-0.3, -0.25) is 4.79 Å². The summed E-state index contributed by atoms with van der Waals surface area (Å²) in [6, 6.07) is 2.00. The molecular formula is C13H19NO2. The second kappa shape index (κ2) is 7.05. The van der Waals surface area contributed by atoms with Gasteiger partial charge in [-0.25, -0.2) is 0 Å². The minimum absolute atomic E-state index is 0.0603. The van der Waals surface area contributed by atoms with Gasteiger partial charge in [-0.2, -0.15) is 5.26 Å². The number of nitrogens with zero attached hydrogens (tertiary/aromatic N) is 1. The molecule has 0 amide bonds. The van der Waals surface area contributed by atoms with Gasteiger partial charge in [-0.05, 0) is 18.8 Å². The lowest BCUT2D eigenvalue weighted by Gasteiger charge is -2.24. The van der Waals surface area contributed by atoms with Gasteiger partial charge in [-0.15, -0.1) is 0 Å². The molecule has 1 saturated carbocycles. The number of rotatable bonds is 2. The molecule has 2 atom stereocenters. The van der Waals surface area contributed by atoms with Crippen LogP contribution in [0.5, 0.6) is 0 Å². The Labute approximate surface area is 97.1 Å². The Morgan fingerprint density at radius 3 is 2.62 bits per heavy atom. The van der Waals surface area contributed by atoms with Crippen molar-refractivity contribution in [1.29, 1.82) is 5.26 Å². The molecule has 0 aromatic heterocycles. The lowest BCUT2D eigenvalue weighted by molar-refractivity contribution is -0.147. The number of ether oxygens (including phenoxy) is 1. The molecule has 1 fully saturated rings. The van der Waals surface area contributed by atoms with Crippen molar-refractivity contribution in [2.45, 2.75) is 38.5 Å². The molecular weight excluding hydrogens is 202 g/mol. The third kappa shape index (κ3) is 3.69. The number of carbonyl (C=O) groups excluding carboxylic acids is 1. The van der Waals surface area contributed by atoms with Crippen LogP contribution in [0, 0.1) is 23.2 Å². The molecule has 1 aliphatic carbocycles. The third-order valence-corrected chi connectivity index (χ3v) is 3.24. The molecule has 0 saturated heterocycles. The van der Waals surface area contributed by atoms with Gasteiger partial charge in [0, 0.05) is 6.08 Å². The molecule has 0 N–H and O–H groups in total. The van der Waals surface area contributed by atoms with Crippen molar-refractivity contribution in [3.05, 3.63) is 12.2 Å². The monoisotopic (exact) mass is 221 g/mol. The zero-order chi connectivity index (χ0) is 11.8. The average Bonchev–Trinajstić information content (AvgIpc) is 2.27. The van der Waals surface area contributed by atoms with Crippen LogP contribution in [0.1, 0.15) is 38.5 Å². The summed E-state index contributed by atoms with van der Waals surface area (Å²) in [7, 11) is 1.44. The van der Waals surface area contributed by atoms with Crippen molar-refractivity contribution in [2.75, 3.05) is 7.11 Å². The highest BCUT2D eigenvalue weighted by Gasteiger charge is 2.27. The topological polar surface area (TPSA) is 50.1 Å². The van der Waals surface area contributed by atoms with Gasteiger partial charge in [-0.1, -0.05) is 31.8 Å². The highest BCUT2D eigenvalue weighted by atomic mass is 16.5. The number of nitriles is 1. The van der Waals surface area contributed by atoms with E-state index in [-0.39, 0.29) is 17.8 Å². The Kier molecular flexibility index (Phi) is 5.63. The van der Waals surface area contributed by atoms with Crippen molar-refractivity contribution < 1.29 is 9.53 Å². The van der Waals surface area contributed by atoms with Crippen molar-refractivity contribution in [3.8, 4) is 6.07 Å². The van der Waals surface area contributed by atoms with Crippen LogP contribution in [0.25, 0.3) is 0 Å². The van der Waals surface area contributed by atoms with E-state index in [1.165, 1.54) is 26.0 Å². The maximum atomic E-state index is 11.7. The largest absolute Gasteiger partial charge is 0.469 e. The van der Waals surface area contributed by atoms with Gasteiger partial charge in [0.25, 0.3) is 0 Å². The molecule has 0 radical (unpaired) electrons. The average molecular weight is 221 g/mol. The van der Waals surface area contributed by atoms with Crippen LogP contribution < -0.4 is 0 Å². The number of allylic oxidation sites excluding steroid dienone is 2. The van der Waals surface area contributed by atoms with Crippen LogP contribution in [0.15, 0.2) is 12.2 Å². The highest BCUT2D eigenvalue weighted by molar-refractivity contribution is 5.72. The third-order valence-electron chi connectivity index (χ3n) is 3.24. The fourth-order valence-electron chi connectivity index (χ4n) is 2.35. The minimum atomic E-state index is -0.130. The van der Waals surface area contributed by atoms with Gasteiger partial charge in [0.2, 0.25) is 0 Å². The Balaban J connectivity index is 2.72. The van der Waals surface area contributed by atoms with E-state index < -0.39 is 0 Å². The first-order chi connectivity index (χ1) is 7.79. The first-order valence-corrected chi connectivity index (χ1v) is 5.93. The van der Waals surface area contributed by atoms with Crippen molar-refractivity contribution in [2.24, 2.45) is 11.8 Å². The van der Waals surface area contributed by atoms with Gasteiger partial charge in [0.1, 0.15) is 0 Å². The molecule has 16 heavy (non-hydrogen) atoms. The second-order valence-corrected chi connectivity index (χ2v) is 4.27. The summed E-state index contributed by atoms with van der Waals surface area (Å²) in [6.07, 6.45) is 9.86. The second-order valence-electron chi connectivity index (χ2n) is 4.27. The smallest absolute Gasteiger partial charge is 0.309 e. The molecule has 0 heterocycles. The molecule has 88 valence electrons. The van der Waals surface area contributed by atoms with Crippen molar-refractivity contribution in [3.63, 3.8) is 0 Å². The molecule has 1 aliphatic rings. The van der Waals surface area contributed by atoms with Gasteiger partial charge in [0.15, 0.2) is 0 Å². The fourth-order valence-corrected chi connectivity index (χ4v) is 2.35. The summed E-state index contributed by atoms with van der Waals surface area (Å²) in [5, 5.41) is 8.55. The first-order valence-electron chi connectivity index (χ1n) is 5.93. The Morgan fingerprint density at radius 1 is 1.31 bits per heavy atom. The summed E-state index contributed by atoms with van der Waals surface area (Å²) >= 11 is 0. The molecule has 0 spiro atoms. The van der Waals surface area contributed by atoms with Gasteiger partial charge >= 0.3 is 5.97 Å². The molecule has 1 rings (SSSR count). The summed E-state index contributed by atoms with van der Waals surface area (Å²) in [5.41, 5.74) is 0. The lowest BCUT2D eigenvalue weighted by Crippen LogP contribution is -2.25. The van der Waals surface area contributed by atoms with E-state index in [1.807, 2.05) is 12.1 Å². The van der Waals surface area contributed by atoms with Crippen molar-refractivity contribution in [1.82, 2.24) is 0 Å². The number of hydrogen-bond donors (Lipinski definition) is 0. The van der Waals surface area contributed by atoms with E-state index >= 15 is 0 Å². The Morgan fingerprint density at radius 2 is 2.00 bits per heavy atom. The Bertz CT molecular complexity index is 291. The minimum Gasteiger partial charge on any atom is -0.469 e. The summed E-state index contributed by atoms with van der Waals surface area (Å²) in [5.74, 6) is -0.0169. The zero-order valence-electron chi connectivity index (χ0n) is 9.82. The molecule has 0 bridgehead atoms. The summed E-state index contributed by atoms with van der Waals surface area (Å²) in [4.78, 5) is 11.7. The van der Waals surface area contributed by atoms with E-state index in [9.17, 15) is 4.79 Å². The van der Waals surface area contributed by atoms with Crippen LogP contribution in [-0.4, -0.2) is 13.1 Å². The standard InChI is InChI=1S/C13H19NO2/c1-16-13(15)12-9-5-3-2-4-7-11(12)8-6-10-14/h6,8,11-12H,2-5,7,9H2,1H3/b8-6+. The summed E-state index contributed by atoms with van der Waals surface area (Å²) < 4.78 is 4.84. The Hall–Kier alpha value is -1.30. The normalized spacial score (nSPS) is 26.8. The van der Waals surface area contributed by atoms with Gasteiger partial charge in [0.05, 0.1) is 19.1 Å². The predicted octanol–water partition coefficient (Wildman–Crippen LogP) is 2.83. The van der Waals surface area contributed by atoms with Crippen LogP contribution >= 0.6 is 0 Å². The van der Waals surface area contributed by atoms with Gasteiger partial charge < -0.3 is 4.74 Å². The maximum absolute atomic E-state index is 11.7. The number of methoxy groups -OCH3 is 1. The SMILES string of the molecule is COC(=O)C1CCCCCCC1/C=C/C#N. The molecule has 0 aromatic carbocycles. The molecule has 3 heteroatoms. The van der Waals surface area contributed by atoms with Crippen molar-refractivity contribution >= 4 is 5.97 Å². The fraction of sp³-hybridized carbons (Fsp3) is 0.692. The van der Waals surface area contributed by atoms with E-state index in [0.717, 1.165) is 25.7 Å². The number of esters is 1.